The van der Waals surface area contributed by atoms with Crippen LogP contribution in [0.2, 0.25) is 0 Å². The summed E-state index contributed by atoms with van der Waals surface area (Å²) >= 11 is 1.71. The van der Waals surface area contributed by atoms with E-state index < -0.39 is 0 Å². The molecule has 0 aliphatic heterocycles. The van der Waals surface area contributed by atoms with Crippen molar-refractivity contribution in [3.8, 4) is 5.75 Å². The second kappa shape index (κ2) is 3.42. The Kier molecular flexibility index (Phi) is 2.75. The fourth-order valence-corrected chi connectivity index (χ4v) is 1.39. The molecule has 57 valence electrons. The van der Waals surface area contributed by atoms with E-state index in [-0.39, 0.29) is 0 Å². The number of hydrogen-bond donors (Lipinski definition) is 0. The van der Waals surface area contributed by atoms with Crippen molar-refractivity contribution in [1.29, 1.82) is 0 Å². The van der Waals surface area contributed by atoms with E-state index in [1.54, 1.807) is 20.8 Å². The quantitative estimate of drug-likeness (QED) is 0.607. The Morgan fingerprint density at radius 1 is 1.09 bits per heavy atom. The molecule has 0 aliphatic rings. The number of rotatable bonds is 1. The van der Waals surface area contributed by atoms with E-state index in [1.165, 1.54) is 16.7 Å². The van der Waals surface area contributed by atoms with Gasteiger partial charge in [-0.1, -0.05) is 0 Å². The molecule has 0 heterocycles. The van der Waals surface area contributed by atoms with Crippen LogP contribution in [0, 0.1) is 20.8 Å². The molecule has 0 saturated heterocycles. The van der Waals surface area contributed by atoms with Crippen LogP contribution in [0.4, 0.5) is 0 Å². The Labute approximate surface area is 79.6 Å². The molecule has 2 heteroatoms. The minimum absolute atomic E-state index is 0.980. The molecule has 0 aliphatic carbocycles. The third kappa shape index (κ3) is 1.66. The number of aryl methyl sites for hydroxylation is 1. The maximum absolute atomic E-state index is 5.18. The summed E-state index contributed by atoms with van der Waals surface area (Å²) in [7, 11) is 0. The van der Waals surface area contributed by atoms with Gasteiger partial charge in [-0.2, -0.15) is 0 Å². The average molecular weight is 183 g/mol. The molecule has 1 rings (SSSR count). The van der Waals surface area contributed by atoms with Crippen LogP contribution in [-0.2, 0) is 20.8 Å². The summed E-state index contributed by atoms with van der Waals surface area (Å²) < 4.78 is 5.18. The van der Waals surface area contributed by atoms with Gasteiger partial charge in [0.05, 0.1) is 0 Å². The first-order chi connectivity index (χ1) is 5.16. The molecule has 0 amide bonds. The monoisotopic (exact) mass is 183 g/mol. The molecule has 1 aromatic rings. The molecule has 0 N–H and O–H groups in total. The van der Waals surface area contributed by atoms with Crippen LogP contribution >= 0.6 is 0 Å². The topological polar surface area (TPSA) is 9.23 Å². The van der Waals surface area contributed by atoms with Gasteiger partial charge >= 0.3 is 79.5 Å². The molecule has 11 heavy (non-hydrogen) atoms. The average Bonchev–Trinajstić information content (AvgIpc) is 2.01. The zero-order valence-corrected chi connectivity index (χ0v) is 8.62. The van der Waals surface area contributed by atoms with Gasteiger partial charge < -0.3 is 0 Å². The molecule has 0 fully saturated rings. The molecule has 0 spiro atoms. The van der Waals surface area contributed by atoms with Crippen molar-refractivity contribution in [2.24, 2.45) is 0 Å². The van der Waals surface area contributed by atoms with Crippen molar-refractivity contribution < 1.29 is 24.1 Å². The first-order valence-corrected chi connectivity index (χ1v) is 4.21. The summed E-state index contributed by atoms with van der Waals surface area (Å²) in [6, 6.07) is 4.10. The molecule has 1 nitrogen and oxygen atoms in total. The van der Waals surface area contributed by atoms with Gasteiger partial charge in [0.15, 0.2) is 0 Å². The van der Waals surface area contributed by atoms with Crippen LogP contribution in [0.25, 0.3) is 0 Å². The molecule has 0 unspecified atom stereocenters. The Balaban J connectivity index is 3.25. The number of hydrogen-bond acceptors (Lipinski definition) is 1. The van der Waals surface area contributed by atoms with Crippen molar-refractivity contribution in [3.63, 3.8) is 0 Å². The fraction of sp³-hybridized carbons (Fsp3) is 0.333. The van der Waals surface area contributed by atoms with Gasteiger partial charge in [0.25, 0.3) is 0 Å². The second-order valence-corrected chi connectivity index (χ2v) is 3.05. The van der Waals surface area contributed by atoms with Crippen LogP contribution in [0.15, 0.2) is 12.1 Å². The van der Waals surface area contributed by atoms with Crippen LogP contribution in [0.3, 0.4) is 0 Å². The van der Waals surface area contributed by atoms with Crippen LogP contribution in [0.5, 0.6) is 5.75 Å². The summed E-state index contributed by atoms with van der Waals surface area (Å²) in [6.45, 7) is 6.32. The zero-order valence-electron chi connectivity index (χ0n) is 7.06. The maximum atomic E-state index is 5.18. The summed E-state index contributed by atoms with van der Waals surface area (Å²) in [5, 5.41) is 0. The van der Waals surface area contributed by atoms with Crippen LogP contribution in [-0.4, -0.2) is 0 Å². The summed E-state index contributed by atoms with van der Waals surface area (Å²) in [5.74, 6) is 0.980. The predicted octanol–water partition coefficient (Wildman–Crippen LogP) is 2.45. The Hall–Kier alpha value is -0.266. The van der Waals surface area contributed by atoms with Gasteiger partial charge in [-0.3, -0.25) is 0 Å². The van der Waals surface area contributed by atoms with Crippen molar-refractivity contribution in [2.45, 2.75) is 20.8 Å². The third-order valence-electron chi connectivity index (χ3n) is 2.12. The van der Waals surface area contributed by atoms with Gasteiger partial charge in [0.1, 0.15) is 0 Å². The SMILES string of the molecule is Cc1ccc([O][Ti])c(C)c1C. The van der Waals surface area contributed by atoms with Gasteiger partial charge in [0, 0.05) is 0 Å². The van der Waals surface area contributed by atoms with E-state index in [2.05, 4.69) is 26.8 Å². The molecule has 0 bridgehead atoms. The van der Waals surface area contributed by atoms with E-state index in [1.807, 2.05) is 6.07 Å². The van der Waals surface area contributed by atoms with Crippen molar-refractivity contribution in [2.75, 3.05) is 0 Å². The van der Waals surface area contributed by atoms with Gasteiger partial charge in [-0.05, 0) is 0 Å². The molecular formula is C9H11OTi. The standard InChI is InChI=1S/C9H12O.Ti/c1-6-4-5-9(10)8(3)7(6)2;/h4-5,10H,1-3H3;/q;+1/p-1. The predicted molar refractivity (Wildman–Crippen MR) is 41.3 cm³/mol. The molecule has 0 saturated carbocycles. The molecule has 1 aromatic carbocycles. The van der Waals surface area contributed by atoms with Gasteiger partial charge in [-0.25, -0.2) is 0 Å². The Morgan fingerprint density at radius 2 is 1.73 bits per heavy atom. The second-order valence-electron chi connectivity index (χ2n) is 2.73. The first kappa shape index (κ1) is 8.83. The summed E-state index contributed by atoms with van der Waals surface area (Å²) in [4.78, 5) is 0. The Bertz CT molecular complexity index is 269. The zero-order chi connectivity index (χ0) is 8.43. The van der Waals surface area contributed by atoms with Crippen molar-refractivity contribution in [3.05, 3.63) is 28.8 Å². The van der Waals surface area contributed by atoms with E-state index in [9.17, 15) is 0 Å². The number of benzene rings is 1. The normalized spacial score (nSPS) is 9.64. The van der Waals surface area contributed by atoms with Gasteiger partial charge in [0.2, 0.25) is 0 Å². The molecule has 0 aromatic heterocycles. The van der Waals surface area contributed by atoms with Crippen LogP contribution < -0.4 is 3.32 Å². The van der Waals surface area contributed by atoms with Crippen LogP contribution in [0.1, 0.15) is 16.7 Å². The molecular weight excluding hydrogens is 172 g/mol. The minimum atomic E-state index is 0.980. The van der Waals surface area contributed by atoms with Crippen molar-refractivity contribution in [1.82, 2.24) is 0 Å². The Morgan fingerprint density at radius 3 is 2.27 bits per heavy atom. The summed E-state index contributed by atoms with van der Waals surface area (Å²) in [5.41, 5.74) is 3.89. The molecule has 0 radical (unpaired) electrons. The van der Waals surface area contributed by atoms with E-state index >= 15 is 0 Å². The van der Waals surface area contributed by atoms with E-state index in [4.69, 9.17) is 3.32 Å². The fourth-order valence-electron chi connectivity index (χ4n) is 1.04. The summed E-state index contributed by atoms with van der Waals surface area (Å²) in [6.07, 6.45) is 0. The van der Waals surface area contributed by atoms with E-state index in [0.29, 0.717) is 0 Å². The van der Waals surface area contributed by atoms with Gasteiger partial charge in [-0.15, -0.1) is 0 Å². The third-order valence-corrected chi connectivity index (χ3v) is 2.46. The first-order valence-electron chi connectivity index (χ1n) is 3.57. The van der Waals surface area contributed by atoms with E-state index in [0.717, 1.165) is 5.75 Å². The molecule has 0 atom stereocenters. The van der Waals surface area contributed by atoms with Crippen molar-refractivity contribution >= 4 is 0 Å².